The number of nitrogens with two attached hydrogens (primary N) is 1. The van der Waals surface area contributed by atoms with Gasteiger partial charge < -0.3 is 20.5 Å². The zero-order valence-corrected chi connectivity index (χ0v) is 17.5. The van der Waals surface area contributed by atoms with E-state index in [9.17, 15) is 4.79 Å². The number of nitrogens with one attached hydrogen (secondary N) is 1. The van der Waals surface area contributed by atoms with Crippen LogP contribution in [0.1, 0.15) is 59.8 Å². The smallest absolute Gasteiger partial charge is 0.306 e. The molecule has 0 fully saturated rings. The molecule has 23 heavy (non-hydrogen) atoms. The minimum Gasteiger partial charge on any atom is -0.460 e. The van der Waals surface area contributed by atoms with Crippen molar-refractivity contribution in [1.82, 2.24) is 5.32 Å². The quantitative estimate of drug-likeness (QED) is 0.178. The van der Waals surface area contributed by atoms with Gasteiger partial charge in [0.25, 0.3) is 0 Å². The van der Waals surface area contributed by atoms with E-state index in [1.54, 1.807) is 7.11 Å². The molecule has 3 N–H and O–H groups in total. The molecular weight excluding hydrogens is 409 g/mol. The van der Waals surface area contributed by atoms with Crippen LogP contribution in [0.25, 0.3) is 0 Å². The van der Waals surface area contributed by atoms with Gasteiger partial charge in [0.2, 0.25) is 0 Å². The monoisotopic (exact) mass is 443 g/mol. The molecule has 0 aromatic rings. The van der Waals surface area contributed by atoms with Gasteiger partial charge in [0.15, 0.2) is 5.96 Å². The average molecular weight is 443 g/mol. The number of methoxy groups -OCH3 is 1. The molecule has 138 valence electrons. The van der Waals surface area contributed by atoms with E-state index in [2.05, 4.69) is 10.3 Å². The van der Waals surface area contributed by atoms with Crippen molar-refractivity contribution in [3.05, 3.63) is 0 Å². The highest BCUT2D eigenvalue weighted by Crippen LogP contribution is 2.11. The van der Waals surface area contributed by atoms with Gasteiger partial charge in [0.05, 0.1) is 6.61 Å². The van der Waals surface area contributed by atoms with Gasteiger partial charge in [0.1, 0.15) is 5.60 Å². The molecule has 0 aromatic carbocycles. The molecule has 0 saturated heterocycles. The van der Waals surface area contributed by atoms with E-state index in [-0.39, 0.29) is 36.0 Å². The van der Waals surface area contributed by atoms with Crippen LogP contribution < -0.4 is 11.1 Å². The molecule has 7 heteroatoms. The Labute approximate surface area is 158 Å². The Balaban J connectivity index is 0. The van der Waals surface area contributed by atoms with Gasteiger partial charge in [-0.25, -0.2) is 0 Å². The summed E-state index contributed by atoms with van der Waals surface area (Å²) in [6.07, 6.45) is 4.35. The summed E-state index contributed by atoms with van der Waals surface area (Å²) in [7, 11) is 1.66. The second-order valence-corrected chi connectivity index (χ2v) is 6.52. The number of guanidine groups is 1. The third-order valence-corrected chi connectivity index (χ3v) is 2.80. The number of unbranched alkanes of at least 4 members (excludes halogenated alkanes) is 3. The summed E-state index contributed by atoms with van der Waals surface area (Å²) in [5.41, 5.74) is 5.37. The number of ether oxygens (including phenoxy) is 2. The number of esters is 1. The number of hydrogen-bond donors (Lipinski definition) is 2. The summed E-state index contributed by atoms with van der Waals surface area (Å²) < 4.78 is 10.3. The van der Waals surface area contributed by atoms with Gasteiger partial charge in [-0.3, -0.25) is 9.79 Å². The summed E-state index contributed by atoms with van der Waals surface area (Å²) in [5.74, 6) is 0.337. The average Bonchev–Trinajstić information content (AvgIpc) is 2.35. The second-order valence-electron chi connectivity index (χ2n) is 6.52. The van der Waals surface area contributed by atoms with Crippen molar-refractivity contribution in [3.8, 4) is 0 Å². The highest BCUT2D eigenvalue weighted by molar-refractivity contribution is 14.0. The topological polar surface area (TPSA) is 85.9 Å². The van der Waals surface area contributed by atoms with Crippen molar-refractivity contribution >= 4 is 35.9 Å². The molecule has 0 aromatic heterocycles. The first-order valence-corrected chi connectivity index (χ1v) is 8.02. The molecule has 6 nitrogen and oxygen atoms in total. The van der Waals surface area contributed by atoms with Gasteiger partial charge in [-0.15, -0.1) is 24.0 Å². The second kappa shape index (κ2) is 13.8. The maximum Gasteiger partial charge on any atom is 0.306 e. The number of halogens is 1. The van der Waals surface area contributed by atoms with E-state index in [0.29, 0.717) is 25.5 Å². The van der Waals surface area contributed by atoms with Crippen LogP contribution in [0.2, 0.25) is 0 Å². The van der Waals surface area contributed by atoms with Gasteiger partial charge in [-0.2, -0.15) is 0 Å². The fourth-order valence-electron chi connectivity index (χ4n) is 1.92. The van der Waals surface area contributed by atoms with Crippen LogP contribution in [0.5, 0.6) is 0 Å². The van der Waals surface area contributed by atoms with Gasteiger partial charge in [0, 0.05) is 26.1 Å². The maximum absolute atomic E-state index is 11.5. The van der Waals surface area contributed by atoms with Gasteiger partial charge in [-0.05, 0) is 40.5 Å². The Morgan fingerprint density at radius 3 is 2.39 bits per heavy atom. The number of hydrogen-bond acceptors (Lipinski definition) is 4. The predicted octanol–water partition coefficient (Wildman–Crippen LogP) is 2.84. The number of carbonyl (C=O) groups excluding carboxylic acids is 1. The first-order chi connectivity index (χ1) is 10.2. The van der Waals surface area contributed by atoms with E-state index in [1.807, 2.05) is 27.7 Å². The van der Waals surface area contributed by atoms with E-state index >= 15 is 0 Å². The molecule has 0 bridgehead atoms. The Bertz CT molecular complexity index is 344. The van der Waals surface area contributed by atoms with Gasteiger partial charge >= 0.3 is 5.97 Å². The molecular formula is C16H34IN3O3. The number of nitrogens with zero attached hydrogens (tertiary/aromatic N) is 1. The van der Waals surface area contributed by atoms with E-state index in [4.69, 9.17) is 15.2 Å². The third kappa shape index (κ3) is 17.6. The van der Waals surface area contributed by atoms with Crippen LogP contribution in [0.15, 0.2) is 4.99 Å². The fourth-order valence-corrected chi connectivity index (χ4v) is 1.92. The van der Waals surface area contributed by atoms with E-state index in [0.717, 1.165) is 25.7 Å². The molecule has 0 saturated carbocycles. The number of carbonyl (C=O) groups is 1. The Morgan fingerprint density at radius 1 is 1.22 bits per heavy atom. The maximum atomic E-state index is 11.5. The predicted molar refractivity (Wildman–Crippen MR) is 105 cm³/mol. The Kier molecular flexibility index (Phi) is 14.8. The Hall–Kier alpha value is -0.570. The summed E-state index contributed by atoms with van der Waals surface area (Å²) >= 11 is 0. The van der Waals surface area contributed by atoms with Crippen LogP contribution in [-0.4, -0.2) is 43.8 Å². The van der Waals surface area contributed by atoms with Crippen molar-refractivity contribution in [2.45, 2.75) is 71.4 Å². The molecule has 0 aliphatic heterocycles. The fraction of sp³-hybridized carbons (Fsp3) is 0.875. The number of aliphatic imine (C=N–C) groups is 1. The molecule has 0 aliphatic carbocycles. The lowest BCUT2D eigenvalue weighted by Crippen LogP contribution is -2.40. The summed E-state index contributed by atoms with van der Waals surface area (Å²) in [6, 6.07) is 0.155. The molecule has 0 radical (unpaired) electrons. The zero-order chi connectivity index (χ0) is 17.0. The van der Waals surface area contributed by atoms with Crippen molar-refractivity contribution in [2.24, 2.45) is 10.7 Å². The summed E-state index contributed by atoms with van der Waals surface area (Å²) in [6.45, 7) is 8.94. The molecule has 0 aliphatic rings. The normalized spacial score (nSPS) is 13.2. The van der Waals surface area contributed by atoms with Crippen LogP contribution in [0, 0.1) is 0 Å². The minimum absolute atomic E-state index is 0. The summed E-state index contributed by atoms with van der Waals surface area (Å²) in [4.78, 5) is 15.8. The number of rotatable bonds is 10. The zero-order valence-electron chi connectivity index (χ0n) is 15.2. The third-order valence-electron chi connectivity index (χ3n) is 2.80. The van der Waals surface area contributed by atoms with Crippen molar-refractivity contribution in [1.29, 1.82) is 0 Å². The SMILES string of the molecule is COCC(C)NC(N)=NCCCCCCC(=O)OC(C)(C)C.I. The van der Waals surface area contributed by atoms with Crippen LogP contribution >= 0.6 is 24.0 Å². The molecule has 1 atom stereocenters. The highest BCUT2D eigenvalue weighted by atomic mass is 127. The van der Waals surface area contributed by atoms with Crippen LogP contribution in [0.3, 0.4) is 0 Å². The molecule has 0 rings (SSSR count). The lowest BCUT2D eigenvalue weighted by atomic mass is 10.1. The van der Waals surface area contributed by atoms with Crippen molar-refractivity contribution in [2.75, 3.05) is 20.3 Å². The molecule has 0 amide bonds. The molecule has 0 heterocycles. The van der Waals surface area contributed by atoms with Crippen LogP contribution in [-0.2, 0) is 14.3 Å². The van der Waals surface area contributed by atoms with Gasteiger partial charge in [-0.1, -0.05) is 12.8 Å². The Morgan fingerprint density at radius 2 is 1.83 bits per heavy atom. The van der Waals surface area contributed by atoms with E-state index in [1.165, 1.54) is 0 Å². The first-order valence-electron chi connectivity index (χ1n) is 8.02. The van der Waals surface area contributed by atoms with E-state index < -0.39 is 5.60 Å². The lowest BCUT2D eigenvalue weighted by molar-refractivity contribution is -0.154. The molecule has 1 unspecified atom stereocenters. The standard InChI is InChI=1S/C16H33N3O3.HI/c1-13(12-21-5)19-15(17)18-11-9-7-6-8-10-14(20)22-16(2,3)4;/h13H,6-12H2,1-5H3,(H3,17,18,19);1H. The lowest BCUT2D eigenvalue weighted by Gasteiger charge is -2.19. The molecule has 0 spiro atoms. The van der Waals surface area contributed by atoms with Crippen LogP contribution in [0.4, 0.5) is 0 Å². The largest absolute Gasteiger partial charge is 0.460 e. The van der Waals surface area contributed by atoms with Crippen molar-refractivity contribution in [3.63, 3.8) is 0 Å². The highest BCUT2D eigenvalue weighted by Gasteiger charge is 2.15. The van der Waals surface area contributed by atoms with Crippen molar-refractivity contribution < 1.29 is 14.3 Å². The summed E-state index contributed by atoms with van der Waals surface area (Å²) in [5, 5.41) is 3.06. The first kappa shape index (κ1) is 24.7. The minimum atomic E-state index is -0.393.